The molecule has 0 bridgehead atoms. The zero-order valence-corrected chi connectivity index (χ0v) is 19.8. The molecule has 3 aromatic heterocycles. The van der Waals surface area contributed by atoms with Crippen LogP contribution in [0.15, 0.2) is 4.79 Å². The number of aromatic nitrogens is 2. The summed E-state index contributed by atoms with van der Waals surface area (Å²) in [5.74, 6) is -1.09. The topological polar surface area (TPSA) is 133 Å². The van der Waals surface area contributed by atoms with Gasteiger partial charge in [0.2, 0.25) is 0 Å². The number of hydrogen-bond acceptors (Lipinski definition) is 8. The van der Waals surface area contributed by atoms with Crippen LogP contribution < -0.4 is 16.6 Å². The van der Waals surface area contributed by atoms with E-state index in [1.165, 1.54) is 18.3 Å². The van der Waals surface area contributed by atoms with Gasteiger partial charge in [0.25, 0.3) is 17.4 Å². The van der Waals surface area contributed by atoms with Crippen LogP contribution >= 0.6 is 22.7 Å². The van der Waals surface area contributed by atoms with Crippen molar-refractivity contribution in [3.63, 3.8) is 0 Å². The van der Waals surface area contributed by atoms with Crippen LogP contribution in [0.5, 0.6) is 0 Å². The summed E-state index contributed by atoms with van der Waals surface area (Å²) in [6.45, 7) is 3.78. The van der Waals surface area contributed by atoms with Crippen molar-refractivity contribution < 1.29 is 19.1 Å². The Morgan fingerprint density at radius 3 is 2.73 bits per heavy atom. The lowest BCUT2D eigenvalue weighted by atomic mass is 10.1. The van der Waals surface area contributed by atoms with Crippen molar-refractivity contribution >= 4 is 55.7 Å². The lowest BCUT2D eigenvalue weighted by molar-refractivity contribution is -0.123. The third-order valence-corrected chi connectivity index (χ3v) is 8.53. The zero-order chi connectivity index (χ0) is 23.4. The third-order valence-electron chi connectivity index (χ3n) is 6.15. The number of anilines is 1. The van der Waals surface area contributed by atoms with Gasteiger partial charge in [-0.2, -0.15) is 0 Å². The predicted molar refractivity (Wildman–Crippen MR) is 125 cm³/mol. The lowest BCUT2D eigenvalue weighted by Crippen LogP contribution is -2.30. The summed E-state index contributed by atoms with van der Waals surface area (Å²) in [7, 11) is 0. The molecule has 3 aromatic rings. The molecule has 0 saturated carbocycles. The molecule has 1 aliphatic heterocycles. The monoisotopic (exact) mass is 486 g/mol. The molecule has 9 nitrogen and oxygen atoms in total. The Labute approximate surface area is 196 Å². The second-order valence-corrected chi connectivity index (χ2v) is 10.4. The molecule has 2 amide bonds. The number of nitrogens with two attached hydrogens (primary N) is 1. The third kappa shape index (κ3) is 3.55. The summed E-state index contributed by atoms with van der Waals surface area (Å²) >= 11 is 2.44. The van der Waals surface area contributed by atoms with Gasteiger partial charge in [-0.1, -0.05) is 0 Å². The lowest BCUT2D eigenvalue weighted by Gasteiger charge is -2.13. The van der Waals surface area contributed by atoms with Gasteiger partial charge in [-0.25, -0.2) is 9.78 Å². The summed E-state index contributed by atoms with van der Waals surface area (Å²) in [5.41, 5.74) is 7.16. The van der Waals surface area contributed by atoms with Crippen molar-refractivity contribution in [2.75, 3.05) is 5.32 Å². The van der Waals surface area contributed by atoms with Crippen molar-refractivity contribution in [1.82, 2.24) is 9.55 Å². The van der Waals surface area contributed by atoms with Gasteiger partial charge in [0.15, 0.2) is 6.10 Å². The molecule has 0 saturated heterocycles. The van der Waals surface area contributed by atoms with E-state index in [1.54, 1.807) is 11.5 Å². The smallest absolute Gasteiger partial charge is 0.349 e. The van der Waals surface area contributed by atoms with E-state index in [1.807, 2.05) is 0 Å². The number of carbonyl (C=O) groups is 3. The van der Waals surface area contributed by atoms with Crippen LogP contribution in [0, 0.1) is 6.92 Å². The minimum Gasteiger partial charge on any atom is -0.448 e. The van der Waals surface area contributed by atoms with Gasteiger partial charge in [0.05, 0.1) is 10.9 Å². The van der Waals surface area contributed by atoms with Crippen LogP contribution in [-0.2, 0) is 35.3 Å². The number of thiophene rings is 2. The number of nitrogens with zero attached hydrogens (tertiary/aromatic N) is 2. The minimum atomic E-state index is -1.11. The molecule has 0 unspecified atom stereocenters. The SMILES string of the molecule is Cc1c(C(=O)O[C@H](C)C(=O)Nc2sc3c(c2C(N)=O)CCC3)sc2nc3n(c(=O)c12)CCC3. The first-order valence-corrected chi connectivity index (χ1v) is 12.4. The molecule has 0 radical (unpaired) electrons. The highest BCUT2D eigenvalue weighted by Crippen LogP contribution is 2.39. The van der Waals surface area contributed by atoms with Gasteiger partial charge in [0, 0.05) is 17.8 Å². The predicted octanol–water partition coefficient (Wildman–Crippen LogP) is 2.55. The molecule has 11 heteroatoms. The number of primary amides is 1. The molecular formula is C22H22N4O5S2. The summed E-state index contributed by atoms with van der Waals surface area (Å²) < 4.78 is 7.07. The summed E-state index contributed by atoms with van der Waals surface area (Å²) in [6, 6.07) is 0. The molecule has 33 heavy (non-hydrogen) atoms. The van der Waals surface area contributed by atoms with Gasteiger partial charge in [-0.3, -0.25) is 19.0 Å². The first-order chi connectivity index (χ1) is 15.8. The number of esters is 1. The molecule has 0 spiro atoms. The molecule has 0 aromatic carbocycles. The highest BCUT2D eigenvalue weighted by Gasteiger charge is 2.29. The van der Waals surface area contributed by atoms with E-state index in [4.69, 9.17) is 10.5 Å². The van der Waals surface area contributed by atoms with Gasteiger partial charge < -0.3 is 15.8 Å². The minimum absolute atomic E-state index is 0.143. The number of hydrogen-bond donors (Lipinski definition) is 2. The van der Waals surface area contributed by atoms with Crippen molar-refractivity contribution in [3.8, 4) is 0 Å². The molecule has 0 fully saturated rings. The Balaban J connectivity index is 1.35. The molecule has 2 aliphatic rings. The fraction of sp³-hybridized carbons (Fsp3) is 0.409. The average Bonchev–Trinajstić information content (AvgIpc) is 3.51. The highest BCUT2D eigenvalue weighted by atomic mass is 32.1. The molecule has 1 aliphatic carbocycles. The van der Waals surface area contributed by atoms with Crippen molar-refractivity contribution in [1.29, 1.82) is 0 Å². The van der Waals surface area contributed by atoms with Crippen LogP contribution in [0.3, 0.4) is 0 Å². The first kappa shape index (κ1) is 21.8. The second-order valence-electron chi connectivity index (χ2n) is 8.29. The molecular weight excluding hydrogens is 464 g/mol. The Morgan fingerprint density at radius 2 is 1.97 bits per heavy atom. The van der Waals surface area contributed by atoms with Crippen LogP contribution in [-0.4, -0.2) is 33.4 Å². The first-order valence-electron chi connectivity index (χ1n) is 10.7. The highest BCUT2D eigenvalue weighted by molar-refractivity contribution is 7.20. The van der Waals surface area contributed by atoms with Gasteiger partial charge in [-0.15, -0.1) is 22.7 Å². The molecule has 4 heterocycles. The van der Waals surface area contributed by atoms with Gasteiger partial charge >= 0.3 is 5.97 Å². The zero-order valence-electron chi connectivity index (χ0n) is 18.1. The molecule has 5 rings (SSSR count). The maximum absolute atomic E-state index is 12.9. The van der Waals surface area contributed by atoms with E-state index >= 15 is 0 Å². The van der Waals surface area contributed by atoms with Crippen molar-refractivity contribution in [2.24, 2.45) is 5.73 Å². The van der Waals surface area contributed by atoms with E-state index < -0.39 is 23.9 Å². The maximum atomic E-state index is 12.9. The Bertz CT molecular complexity index is 1400. The van der Waals surface area contributed by atoms with Crippen molar-refractivity contribution in [3.05, 3.63) is 42.6 Å². The van der Waals surface area contributed by atoms with E-state index in [0.29, 0.717) is 32.9 Å². The quantitative estimate of drug-likeness (QED) is 0.533. The van der Waals surface area contributed by atoms with E-state index in [-0.39, 0.29) is 10.4 Å². The number of nitrogens with one attached hydrogen (secondary N) is 1. The summed E-state index contributed by atoms with van der Waals surface area (Å²) in [6.07, 6.45) is 3.07. The van der Waals surface area contributed by atoms with Crippen LogP contribution in [0.4, 0.5) is 5.00 Å². The molecule has 3 N–H and O–H groups in total. The number of aryl methyl sites for hydroxylation is 3. The number of carbonyl (C=O) groups excluding carboxylic acids is 3. The second kappa shape index (κ2) is 8.07. The number of fused-ring (bicyclic) bond motifs is 3. The van der Waals surface area contributed by atoms with Crippen LogP contribution in [0.2, 0.25) is 0 Å². The average molecular weight is 487 g/mol. The Morgan fingerprint density at radius 1 is 1.18 bits per heavy atom. The van der Waals surface area contributed by atoms with Gasteiger partial charge in [0.1, 0.15) is 20.5 Å². The van der Waals surface area contributed by atoms with Crippen LogP contribution in [0.1, 0.15) is 61.6 Å². The number of ether oxygens (including phenoxy) is 1. The number of rotatable bonds is 5. The van der Waals surface area contributed by atoms with Crippen LogP contribution in [0.25, 0.3) is 10.2 Å². The number of amides is 2. The fourth-order valence-corrected chi connectivity index (χ4v) is 6.88. The normalized spacial score (nSPS) is 15.3. The maximum Gasteiger partial charge on any atom is 0.349 e. The standard InChI is InChI=1S/C22H22N4O5S2/c1-9-14-19(24-13-7-4-8-26(13)21(14)29)33-16(9)22(30)31-10(2)18(28)25-20-15(17(23)27)11-5-3-6-12(11)32-20/h10H,3-8H2,1-2H3,(H2,23,27)(H,25,28)/t10-/m1/s1. The van der Waals surface area contributed by atoms with E-state index in [0.717, 1.165) is 59.7 Å². The summed E-state index contributed by atoms with van der Waals surface area (Å²) in [5, 5.41) is 3.52. The summed E-state index contributed by atoms with van der Waals surface area (Å²) in [4.78, 5) is 56.7. The van der Waals surface area contributed by atoms with E-state index in [2.05, 4.69) is 10.3 Å². The molecule has 1 atom stereocenters. The Hall–Kier alpha value is -3.05. The Kier molecular flexibility index (Phi) is 5.32. The van der Waals surface area contributed by atoms with E-state index in [9.17, 15) is 19.2 Å². The largest absolute Gasteiger partial charge is 0.448 e. The van der Waals surface area contributed by atoms with Crippen molar-refractivity contribution in [2.45, 2.75) is 58.6 Å². The fourth-order valence-electron chi connectivity index (χ4n) is 4.50. The molecule has 172 valence electrons. The van der Waals surface area contributed by atoms with Gasteiger partial charge in [-0.05, 0) is 50.7 Å².